The van der Waals surface area contributed by atoms with Crippen LogP contribution in [0.4, 0.5) is 0 Å². The molecule has 1 fully saturated rings. The molecule has 1 aliphatic carbocycles. The molecular weight excluding hydrogens is 360 g/mol. The summed E-state index contributed by atoms with van der Waals surface area (Å²) in [7, 11) is 0. The van der Waals surface area contributed by atoms with Gasteiger partial charge in [-0.3, -0.25) is 4.79 Å². The third-order valence-corrected chi connectivity index (χ3v) is 5.43. The number of aryl methyl sites for hydroxylation is 1. The van der Waals surface area contributed by atoms with Crippen molar-refractivity contribution in [3.05, 3.63) is 77.5 Å². The van der Waals surface area contributed by atoms with E-state index in [2.05, 4.69) is 23.8 Å². The third-order valence-electron chi connectivity index (χ3n) is 5.43. The predicted octanol–water partition coefficient (Wildman–Crippen LogP) is 4.56. The topological polar surface area (TPSA) is 83.8 Å². The van der Waals surface area contributed by atoms with Crippen LogP contribution in [-0.4, -0.2) is 21.9 Å². The van der Waals surface area contributed by atoms with Gasteiger partial charge in [0.05, 0.1) is 5.69 Å². The van der Waals surface area contributed by atoms with Crippen LogP contribution in [0.2, 0.25) is 0 Å². The maximum Gasteiger partial charge on any atom is 0.251 e. The highest BCUT2D eigenvalue weighted by atomic mass is 16.1. The molecule has 3 rings (SSSR count). The summed E-state index contributed by atoms with van der Waals surface area (Å²) in [5.41, 5.74) is 9.20. The van der Waals surface area contributed by atoms with Crippen LogP contribution >= 0.6 is 0 Å². The van der Waals surface area contributed by atoms with Gasteiger partial charge in [-0.1, -0.05) is 44.2 Å². The Hall–Kier alpha value is -3.08. The number of hydrogen-bond acceptors (Lipinski definition) is 3. The molecule has 29 heavy (non-hydrogen) atoms. The predicted molar refractivity (Wildman–Crippen MR) is 119 cm³/mol. The average molecular weight is 391 g/mol. The molecule has 2 unspecified atom stereocenters. The van der Waals surface area contributed by atoms with E-state index in [4.69, 9.17) is 10.7 Å². The minimum Gasteiger partial charge on any atom is -0.405 e. The van der Waals surface area contributed by atoms with E-state index in [9.17, 15) is 4.79 Å². The van der Waals surface area contributed by atoms with Gasteiger partial charge in [-0.05, 0) is 61.7 Å². The molecule has 0 spiro atoms. The standard InChI is InChI=1S/C24H30N4O/c1-3-5-9-22-21(4-2)27-23(28-22)19-7-6-8-20(16-19)26-24(29)18-12-10-17(11-13-18)14-15-25/h3,5,9-15,19-20H,1,4,6-8,16,25H2,2H3,(H,26,29)(H,27,28)/b9-5-,15-14-. The molecule has 0 aliphatic heterocycles. The van der Waals surface area contributed by atoms with Crippen LogP contribution in [0, 0.1) is 0 Å². The molecule has 1 amide bonds. The summed E-state index contributed by atoms with van der Waals surface area (Å²) in [5, 5.41) is 3.21. The summed E-state index contributed by atoms with van der Waals surface area (Å²) in [6.45, 7) is 5.86. The second-order valence-corrected chi connectivity index (χ2v) is 7.45. The fraction of sp³-hybridized carbons (Fsp3) is 0.333. The van der Waals surface area contributed by atoms with E-state index < -0.39 is 0 Å². The van der Waals surface area contributed by atoms with Crippen molar-refractivity contribution in [2.75, 3.05) is 0 Å². The number of benzene rings is 1. The Bertz CT molecular complexity index is 892. The maximum atomic E-state index is 12.7. The molecule has 152 valence electrons. The number of nitrogens with one attached hydrogen (secondary N) is 2. The fourth-order valence-corrected chi connectivity index (χ4v) is 3.90. The lowest BCUT2D eigenvalue weighted by molar-refractivity contribution is 0.0924. The van der Waals surface area contributed by atoms with Crippen molar-refractivity contribution in [2.45, 2.75) is 51.0 Å². The van der Waals surface area contributed by atoms with Gasteiger partial charge in [0, 0.05) is 23.2 Å². The highest BCUT2D eigenvalue weighted by Gasteiger charge is 2.27. The van der Waals surface area contributed by atoms with E-state index in [0.717, 1.165) is 54.9 Å². The first-order valence-electron chi connectivity index (χ1n) is 10.3. The summed E-state index contributed by atoms with van der Waals surface area (Å²) >= 11 is 0. The summed E-state index contributed by atoms with van der Waals surface area (Å²) < 4.78 is 0. The molecule has 2 aromatic rings. The third kappa shape index (κ3) is 5.25. The number of carbonyl (C=O) groups excluding carboxylic acids is 1. The Morgan fingerprint density at radius 2 is 2.10 bits per heavy atom. The van der Waals surface area contributed by atoms with Crippen molar-refractivity contribution >= 4 is 18.1 Å². The van der Waals surface area contributed by atoms with Crippen molar-refractivity contribution in [1.29, 1.82) is 0 Å². The van der Waals surface area contributed by atoms with E-state index in [-0.39, 0.29) is 11.9 Å². The normalized spacial score (nSPS) is 19.6. The van der Waals surface area contributed by atoms with Gasteiger partial charge in [0.15, 0.2) is 0 Å². The van der Waals surface area contributed by atoms with E-state index >= 15 is 0 Å². The lowest BCUT2D eigenvalue weighted by Crippen LogP contribution is -2.38. The number of allylic oxidation sites excluding steroid dienone is 2. The molecule has 5 nitrogen and oxygen atoms in total. The van der Waals surface area contributed by atoms with Gasteiger partial charge in [-0.15, -0.1) is 0 Å². The number of aromatic amines is 1. The number of imidazole rings is 1. The molecular formula is C24H30N4O. The van der Waals surface area contributed by atoms with Crippen LogP contribution in [-0.2, 0) is 6.42 Å². The first-order valence-corrected chi connectivity index (χ1v) is 10.3. The minimum absolute atomic E-state index is 0.0257. The van der Waals surface area contributed by atoms with Crippen molar-refractivity contribution in [2.24, 2.45) is 5.73 Å². The number of hydrogen-bond donors (Lipinski definition) is 3. The molecule has 5 heteroatoms. The second kappa shape index (κ2) is 9.92. The number of H-pyrrole nitrogens is 1. The van der Waals surface area contributed by atoms with Gasteiger partial charge in [-0.25, -0.2) is 4.98 Å². The maximum absolute atomic E-state index is 12.7. The Morgan fingerprint density at radius 3 is 2.79 bits per heavy atom. The molecule has 1 heterocycles. The highest BCUT2D eigenvalue weighted by Crippen LogP contribution is 2.32. The molecule has 4 N–H and O–H groups in total. The summed E-state index contributed by atoms with van der Waals surface area (Å²) in [6, 6.07) is 7.63. The number of amides is 1. The van der Waals surface area contributed by atoms with E-state index in [1.54, 1.807) is 12.2 Å². The minimum atomic E-state index is -0.0257. The molecule has 0 radical (unpaired) electrons. The van der Waals surface area contributed by atoms with E-state index in [1.165, 1.54) is 6.20 Å². The molecule has 1 aromatic carbocycles. The number of rotatable bonds is 7. The average Bonchev–Trinajstić information content (AvgIpc) is 3.16. The van der Waals surface area contributed by atoms with E-state index in [1.807, 2.05) is 36.4 Å². The van der Waals surface area contributed by atoms with Gasteiger partial charge < -0.3 is 16.0 Å². The lowest BCUT2D eigenvalue weighted by atomic mass is 9.85. The molecule has 2 atom stereocenters. The van der Waals surface area contributed by atoms with Crippen LogP contribution < -0.4 is 11.1 Å². The Morgan fingerprint density at radius 1 is 1.31 bits per heavy atom. The van der Waals surface area contributed by atoms with Crippen molar-refractivity contribution < 1.29 is 4.79 Å². The zero-order valence-electron chi connectivity index (χ0n) is 17.0. The van der Waals surface area contributed by atoms with Gasteiger partial charge in [0.25, 0.3) is 5.91 Å². The van der Waals surface area contributed by atoms with Gasteiger partial charge >= 0.3 is 0 Å². The smallest absolute Gasteiger partial charge is 0.251 e. The highest BCUT2D eigenvalue weighted by molar-refractivity contribution is 5.94. The number of nitrogens with two attached hydrogens (primary N) is 1. The van der Waals surface area contributed by atoms with Crippen LogP contribution in [0.5, 0.6) is 0 Å². The largest absolute Gasteiger partial charge is 0.405 e. The molecule has 1 aromatic heterocycles. The monoisotopic (exact) mass is 390 g/mol. The van der Waals surface area contributed by atoms with E-state index in [0.29, 0.717) is 11.5 Å². The van der Waals surface area contributed by atoms with Crippen molar-refractivity contribution in [3.63, 3.8) is 0 Å². The first-order chi connectivity index (χ1) is 14.1. The van der Waals surface area contributed by atoms with Gasteiger partial charge in [0.1, 0.15) is 5.82 Å². The molecule has 1 aliphatic rings. The molecule has 1 saturated carbocycles. The fourth-order valence-electron chi connectivity index (χ4n) is 3.90. The number of aromatic nitrogens is 2. The van der Waals surface area contributed by atoms with Crippen LogP contribution in [0.25, 0.3) is 12.2 Å². The quantitative estimate of drug-likeness (QED) is 0.606. The summed E-state index contributed by atoms with van der Waals surface area (Å²) in [5.74, 6) is 1.34. The van der Waals surface area contributed by atoms with Crippen molar-refractivity contribution in [1.82, 2.24) is 15.3 Å². The van der Waals surface area contributed by atoms with Crippen LogP contribution in [0.3, 0.4) is 0 Å². The van der Waals surface area contributed by atoms with Gasteiger partial charge in [-0.2, -0.15) is 0 Å². The van der Waals surface area contributed by atoms with Crippen molar-refractivity contribution in [3.8, 4) is 0 Å². The zero-order valence-corrected chi connectivity index (χ0v) is 17.0. The number of nitrogens with zero attached hydrogens (tertiary/aromatic N) is 1. The van der Waals surface area contributed by atoms with Crippen LogP contribution in [0.15, 0.2) is 49.2 Å². The Kier molecular flexibility index (Phi) is 7.06. The summed E-state index contributed by atoms with van der Waals surface area (Å²) in [4.78, 5) is 21.0. The molecule has 0 bridgehead atoms. The lowest BCUT2D eigenvalue weighted by Gasteiger charge is -2.28. The van der Waals surface area contributed by atoms with Crippen LogP contribution in [0.1, 0.15) is 71.7 Å². The first kappa shape index (κ1) is 20.6. The SMILES string of the molecule is C=C/C=C\c1nc(C2CCCC(NC(=O)c3ccc(/C=C\N)cc3)C2)[nH]c1CC. The second-order valence-electron chi connectivity index (χ2n) is 7.45. The molecule has 0 saturated heterocycles. The zero-order chi connectivity index (χ0) is 20.6. The Balaban J connectivity index is 1.66. The Labute approximate surface area is 172 Å². The van der Waals surface area contributed by atoms with Gasteiger partial charge in [0.2, 0.25) is 0 Å². The summed E-state index contributed by atoms with van der Waals surface area (Å²) in [6.07, 6.45) is 14.0. The number of carbonyl (C=O) groups is 1.